The molecule has 2 heterocycles. The number of nitrogens with one attached hydrogen (secondary N) is 1. The van der Waals surface area contributed by atoms with E-state index in [1.807, 2.05) is 6.07 Å². The van der Waals surface area contributed by atoms with Crippen molar-refractivity contribution in [3.63, 3.8) is 0 Å². The predicted molar refractivity (Wildman–Crippen MR) is 63.8 cm³/mol. The Balaban J connectivity index is 2.01. The summed E-state index contributed by atoms with van der Waals surface area (Å²) in [7, 11) is 0. The Labute approximate surface area is 98.9 Å². The van der Waals surface area contributed by atoms with Gasteiger partial charge in [0.25, 0.3) is 0 Å². The largest absolute Gasteiger partial charge is 0.506 e. The molecule has 2 N–H and O–H groups in total. The molecule has 1 aliphatic heterocycles. The Morgan fingerprint density at radius 3 is 2.82 bits per heavy atom. The van der Waals surface area contributed by atoms with Gasteiger partial charge in [-0.3, -0.25) is 0 Å². The van der Waals surface area contributed by atoms with Crippen LogP contribution in [0.3, 0.4) is 0 Å². The van der Waals surface area contributed by atoms with Gasteiger partial charge in [0.05, 0.1) is 5.52 Å². The van der Waals surface area contributed by atoms with Crippen molar-refractivity contribution in [2.24, 2.45) is 0 Å². The highest BCUT2D eigenvalue weighted by atomic mass is 16.3. The molecular formula is C12H14N4O. The van der Waals surface area contributed by atoms with E-state index in [0.29, 0.717) is 17.0 Å². The Hall–Kier alpha value is -1.75. The first kappa shape index (κ1) is 10.4. The highest BCUT2D eigenvalue weighted by Crippen LogP contribution is 2.25. The maximum Gasteiger partial charge on any atom is 0.154 e. The average Bonchev–Trinajstić information content (AvgIpc) is 2.40. The molecule has 0 aliphatic carbocycles. The number of phenolic OH excluding ortho intramolecular Hbond substituents is 1. The molecule has 1 fully saturated rings. The first-order chi connectivity index (χ1) is 8.34. The number of nitrogens with zero attached hydrogens (tertiary/aromatic N) is 3. The number of aromatic hydroxyl groups is 1. The Kier molecular flexibility index (Phi) is 2.60. The van der Waals surface area contributed by atoms with Gasteiger partial charge in [-0.1, -0.05) is 6.07 Å². The van der Waals surface area contributed by atoms with Crippen LogP contribution in [0.2, 0.25) is 0 Å². The summed E-state index contributed by atoms with van der Waals surface area (Å²) >= 11 is 0. The van der Waals surface area contributed by atoms with Crippen molar-refractivity contribution in [3.8, 4) is 5.75 Å². The first-order valence-corrected chi connectivity index (χ1v) is 5.87. The fourth-order valence-electron chi connectivity index (χ4n) is 2.21. The van der Waals surface area contributed by atoms with Gasteiger partial charge in [0, 0.05) is 5.92 Å². The number of phenols is 1. The highest BCUT2D eigenvalue weighted by molar-refractivity contribution is 5.79. The van der Waals surface area contributed by atoms with Gasteiger partial charge in [0.2, 0.25) is 0 Å². The molecule has 0 unspecified atom stereocenters. The van der Waals surface area contributed by atoms with Gasteiger partial charge in [-0.2, -0.15) is 0 Å². The van der Waals surface area contributed by atoms with Crippen LogP contribution in [0, 0.1) is 0 Å². The van der Waals surface area contributed by atoms with E-state index in [1.54, 1.807) is 12.1 Å². The van der Waals surface area contributed by atoms with Crippen LogP contribution < -0.4 is 5.32 Å². The molecule has 5 nitrogen and oxygen atoms in total. The second-order valence-electron chi connectivity index (χ2n) is 4.34. The van der Waals surface area contributed by atoms with E-state index in [4.69, 9.17) is 0 Å². The molecule has 5 heteroatoms. The third kappa shape index (κ3) is 1.93. The summed E-state index contributed by atoms with van der Waals surface area (Å²) in [5, 5.41) is 21.2. The van der Waals surface area contributed by atoms with E-state index in [9.17, 15) is 5.11 Å². The smallest absolute Gasteiger partial charge is 0.154 e. The second-order valence-corrected chi connectivity index (χ2v) is 4.34. The number of benzene rings is 1. The highest BCUT2D eigenvalue weighted by Gasteiger charge is 2.19. The maximum absolute atomic E-state index is 9.62. The standard InChI is InChI=1S/C12H14N4O/c17-10-3-1-2-9-11(10)15-16-12(14-9)8-4-6-13-7-5-8/h1-3,8,13,17H,4-7H2. The molecule has 1 aromatic heterocycles. The summed E-state index contributed by atoms with van der Waals surface area (Å²) < 4.78 is 0. The molecule has 0 atom stereocenters. The molecule has 0 saturated carbocycles. The molecule has 88 valence electrons. The lowest BCUT2D eigenvalue weighted by atomic mass is 9.97. The lowest BCUT2D eigenvalue weighted by Gasteiger charge is -2.20. The van der Waals surface area contributed by atoms with Crippen LogP contribution in [-0.4, -0.2) is 33.4 Å². The predicted octanol–water partition coefficient (Wildman–Crippen LogP) is 1.20. The van der Waals surface area contributed by atoms with Gasteiger partial charge in [0.15, 0.2) is 11.3 Å². The Bertz CT molecular complexity index is 537. The zero-order chi connectivity index (χ0) is 11.7. The monoisotopic (exact) mass is 230 g/mol. The zero-order valence-electron chi connectivity index (χ0n) is 9.43. The number of fused-ring (bicyclic) bond motifs is 1. The van der Waals surface area contributed by atoms with E-state index in [1.165, 1.54) is 0 Å². The fraction of sp³-hybridized carbons (Fsp3) is 0.417. The second kappa shape index (κ2) is 4.25. The molecule has 1 aromatic carbocycles. The minimum absolute atomic E-state index is 0.138. The van der Waals surface area contributed by atoms with Crippen LogP contribution in [0.15, 0.2) is 18.2 Å². The first-order valence-electron chi connectivity index (χ1n) is 5.87. The van der Waals surface area contributed by atoms with Crippen LogP contribution in [0.4, 0.5) is 0 Å². The number of hydrogen-bond donors (Lipinski definition) is 2. The van der Waals surface area contributed by atoms with E-state index < -0.39 is 0 Å². The molecule has 3 rings (SSSR count). The van der Waals surface area contributed by atoms with Crippen LogP contribution in [0.25, 0.3) is 11.0 Å². The molecule has 1 aliphatic rings. The normalized spacial score (nSPS) is 17.4. The topological polar surface area (TPSA) is 70.9 Å². The van der Waals surface area contributed by atoms with Gasteiger partial charge >= 0.3 is 0 Å². The van der Waals surface area contributed by atoms with Crippen molar-refractivity contribution in [2.45, 2.75) is 18.8 Å². The third-order valence-corrected chi connectivity index (χ3v) is 3.19. The molecule has 2 aromatic rings. The van der Waals surface area contributed by atoms with Gasteiger partial charge in [-0.05, 0) is 38.1 Å². The summed E-state index contributed by atoms with van der Waals surface area (Å²) in [6, 6.07) is 5.23. The van der Waals surface area contributed by atoms with E-state index in [2.05, 4.69) is 20.5 Å². The fourth-order valence-corrected chi connectivity index (χ4v) is 2.21. The van der Waals surface area contributed by atoms with E-state index >= 15 is 0 Å². The lowest BCUT2D eigenvalue weighted by molar-refractivity contribution is 0.442. The summed E-state index contributed by atoms with van der Waals surface area (Å²) in [6.07, 6.45) is 2.10. The van der Waals surface area contributed by atoms with Crippen molar-refractivity contribution in [2.75, 3.05) is 13.1 Å². The Morgan fingerprint density at radius 2 is 2.00 bits per heavy atom. The van der Waals surface area contributed by atoms with Crippen LogP contribution in [0.1, 0.15) is 24.6 Å². The SMILES string of the molecule is Oc1cccc2nc(C3CCNCC3)nnc12. The minimum atomic E-state index is 0.138. The van der Waals surface area contributed by atoms with Gasteiger partial charge in [-0.25, -0.2) is 4.98 Å². The van der Waals surface area contributed by atoms with Crippen molar-refractivity contribution >= 4 is 11.0 Å². The maximum atomic E-state index is 9.62. The van der Waals surface area contributed by atoms with Crippen LogP contribution in [0.5, 0.6) is 5.75 Å². The molecule has 1 saturated heterocycles. The molecule has 17 heavy (non-hydrogen) atoms. The number of hydrogen-bond acceptors (Lipinski definition) is 5. The average molecular weight is 230 g/mol. The molecular weight excluding hydrogens is 216 g/mol. The van der Waals surface area contributed by atoms with Crippen molar-refractivity contribution in [1.82, 2.24) is 20.5 Å². The van der Waals surface area contributed by atoms with Crippen molar-refractivity contribution in [3.05, 3.63) is 24.0 Å². The summed E-state index contributed by atoms with van der Waals surface area (Å²) in [5.41, 5.74) is 1.19. The number of piperidine rings is 1. The van der Waals surface area contributed by atoms with E-state index in [0.717, 1.165) is 31.8 Å². The summed E-state index contributed by atoms with van der Waals surface area (Å²) in [5.74, 6) is 1.32. The van der Waals surface area contributed by atoms with Crippen molar-refractivity contribution < 1.29 is 5.11 Å². The quantitative estimate of drug-likeness (QED) is 0.770. The minimum Gasteiger partial charge on any atom is -0.506 e. The molecule has 0 radical (unpaired) electrons. The van der Waals surface area contributed by atoms with E-state index in [-0.39, 0.29) is 5.75 Å². The van der Waals surface area contributed by atoms with Gasteiger partial charge < -0.3 is 10.4 Å². The third-order valence-electron chi connectivity index (χ3n) is 3.19. The summed E-state index contributed by atoms with van der Waals surface area (Å²) in [6.45, 7) is 2.01. The molecule has 0 amide bonds. The lowest BCUT2D eigenvalue weighted by Crippen LogP contribution is -2.27. The molecule has 0 spiro atoms. The Morgan fingerprint density at radius 1 is 1.18 bits per heavy atom. The van der Waals surface area contributed by atoms with Crippen LogP contribution in [-0.2, 0) is 0 Å². The van der Waals surface area contributed by atoms with Gasteiger partial charge in [-0.15, -0.1) is 10.2 Å². The zero-order valence-corrected chi connectivity index (χ0v) is 9.43. The van der Waals surface area contributed by atoms with Crippen LogP contribution >= 0.6 is 0 Å². The molecule has 0 bridgehead atoms. The number of aromatic nitrogens is 3. The van der Waals surface area contributed by atoms with Crippen molar-refractivity contribution in [1.29, 1.82) is 0 Å². The number of rotatable bonds is 1. The summed E-state index contributed by atoms with van der Waals surface area (Å²) in [4.78, 5) is 4.50. The van der Waals surface area contributed by atoms with Gasteiger partial charge in [0.1, 0.15) is 5.75 Å².